The van der Waals surface area contributed by atoms with Crippen LogP contribution in [0.1, 0.15) is 36.0 Å². The molecule has 1 N–H and O–H groups in total. The maximum atomic E-state index is 12.8. The van der Waals surface area contributed by atoms with Gasteiger partial charge >= 0.3 is 0 Å². The third-order valence-electron chi connectivity index (χ3n) is 5.38. The summed E-state index contributed by atoms with van der Waals surface area (Å²) >= 11 is 0. The standard InChI is InChI=1S/C19H29N3O4S/c1-21(2)27(24,25)16-8-9-18(26-3)17(11-16)19(23)20-12-15-5-4-10-22(15)13-14-6-7-14/h8-9,11,14-15H,4-7,10,12-13H2,1-3H3,(H,20,23). The second-order valence-electron chi connectivity index (χ2n) is 7.59. The van der Waals surface area contributed by atoms with Crippen LogP contribution >= 0.6 is 0 Å². The molecule has 0 bridgehead atoms. The Morgan fingerprint density at radius 2 is 2.04 bits per heavy atom. The number of rotatable bonds is 8. The highest BCUT2D eigenvalue weighted by atomic mass is 32.2. The molecule has 1 saturated carbocycles. The highest BCUT2D eigenvalue weighted by Crippen LogP contribution is 2.32. The second kappa shape index (κ2) is 8.16. The number of nitrogens with zero attached hydrogens (tertiary/aromatic N) is 2. The fraction of sp³-hybridized carbons (Fsp3) is 0.632. The molecule has 2 fully saturated rings. The van der Waals surface area contributed by atoms with Crippen molar-refractivity contribution in [3.8, 4) is 5.75 Å². The van der Waals surface area contributed by atoms with Crippen LogP contribution in [0.4, 0.5) is 0 Å². The quantitative estimate of drug-likeness (QED) is 0.723. The summed E-state index contributed by atoms with van der Waals surface area (Å²) in [5.74, 6) is 0.890. The molecule has 1 atom stereocenters. The molecule has 0 radical (unpaired) electrons. The van der Waals surface area contributed by atoms with Crippen LogP contribution in [0.15, 0.2) is 23.1 Å². The number of ether oxygens (including phenoxy) is 1. The molecule has 1 unspecified atom stereocenters. The highest BCUT2D eigenvalue weighted by molar-refractivity contribution is 7.89. The van der Waals surface area contributed by atoms with Crippen molar-refractivity contribution in [1.29, 1.82) is 0 Å². The minimum atomic E-state index is -3.61. The smallest absolute Gasteiger partial charge is 0.255 e. The fourth-order valence-electron chi connectivity index (χ4n) is 3.54. The zero-order valence-electron chi connectivity index (χ0n) is 16.3. The van der Waals surface area contributed by atoms with E-state index in [0.29, 0.717) is 18.3 Å². The molecule has 1 saturated heterocycles. The lowest BCUT2D eigenvalue weighted by atomic mass is 10.1. The molecule has 1 aromatic rings. The van der Waals surface area contributed by atoms with Gasteiger partial charge in [0.2, 0.25) is 10.0 Å². The molecule has 1 heterocycles. The van der Waals surface area contributed by atoms with Gasteiger partial charge in [0.1, 0.15) is 5.75 Å². The first-order valence-electron chi connectivity index (χ1n) is 9.45. The Kier molecular flexibility index (Phi) is 6.08. The topological polar surface area (TPSA) is 79.0 Å². The summed E-state index contributed by atoms with van der Waals surface area (Å²) in [4.78, 5) is 15.3. The van der Waals surface area contributed by atoms with Crippen molar-refractivity contribution in [3.05, 3.63) is 23.8 Å². The van der Waals surface area contributed by atoms with Crippen molar-refractivity contribution in [2.24, 2.45) is 5.92 Å². The summed E-state index contributed by atoms with van der Waals surface area (Å²) in [6, 6.07) is 4.73. The van der Waals surface area contributed by atoms with E-state index in [1.54, 1.807) is 0 Å². The second-order valence-corrected chi connectivity index (χ2v) is 9.75. The number of carbonyl (C=O) groups excluding carboxylic acids is 1. The van der Waals surface area contributed by atoms with E-state index in [-0.39, 0.29) is 16.4 Å². The highest BCUT2D eigenvalue weighted by Gasteiger charge is 2.31. The molecule has 0 spiro atoms. The van der Waals surface area contributed by atoms with Crippen LogP contribution in [-0.2, 0) is 10.0 Å². The largest absolute Gasteiger partial charge is 0.496 e. The van der Waals surface area contributed by atoms with Crippen molar-refractivity contribution < 1.29 is 17.9 Å². The monoisotopic (exact) mass is 395 g/mol. The molecule has 1 aromatic carbocycles. The Morgan fingerprint density at radius 1 is 1.30 bits per heavy atom. The van der Waals surface area contributed by atoms with Crippen LogP contribution in [0.3, 0.4) is 0 Å². The number of carbonyl (C=O) groups is 1. The summed E-state index contributed by atoms with van der Waals surface area (Å²) in [6.07, 6.45) is 4.88. The Labute approximate surface area is 161 Å². The molecule has 1 aliphatic carbocycles. The number of methoxy groups -OCH3 is 1. The lowest BCUT2D eigenvalue weighted by Crippen LogP contribution is -2.41. The van der Waals surface area contributed by atoms with Gasteiger partial charge in [0, 0.05) is 33.2 Å². The van der Waals surface area contributed by atoms with Gasteiger partial charge in [-0.25, -0.2) is 12.7 Å². The molecule has 7 nitrogen and oxygen atoms in total. The molecule has 1 aliphatic heterocycles. The number of nitrogens with one attached hydrogen (secondary N) is 1. The van der Waals surface area contributed by atoms with Crippen molar-refractivity contribution in [3.63, 3.8) is 0 Å². The number of hydrogen-bond acceptors (Lipinski definition) is 5. The lowest BCUT2D eigenvalue weighted by Gasteiger charge is -2.24. The van der Waals surface area contributed by atoms with Crippen molar-refractivity contribution in [2.75, 3.05) is 40.8 Å². The van der Waals surface area contributed by atoms with Crippen molar-refractivity contribution in [2.45, 2.75) is 36.6 Å². The van der Waals surface area contributed by atoms with Gasteiger partial charge in [-0.2, -0.15) is 0 Å². The maximum absolute atomic E-state index is 12.8. The summed E-state index contributed by atoms with van der Waals surface area (Å²) in [7, 11) is 0.791. The van der Waals surface area contributed by atoms with E-state index in [4.69, 9.17) is 4.74 Å². The van der Waals surface area contributed by atoms with Crippen LogP contribution in [0.5, 0.6) is 5.75 Å². The SMILES string of the molecule is COc1ccc(S(=O)(=O)N(C)C)cc1C(=O)NCC1CCCN1CC1CC1. The van der Waals surface area contributed by atoms with E-state index < -0.39 is 10.0 Å². The van der Waals surface area contributed by atoms with Gasteiger partial charge in [-0.3, -0.25) is 9.69 Å². The maximum Gasteiger partial charge on any atom is 0.255 e. The van der Waals surface area contributed by atoms with Crippen LogP contribution in [0, 0.1) is 5.92 Å². The summed E-state index contributed by atoms with van der Waals surface area (Å²) in [6.45, 7) is 2.79. The van der Waals surface area contributed by atoms with Gasteiger partial charge in [-0.1, -0.05) is 0 Å². The van der Waals surface area contributed by atoms with Crippen molar-refractivity contribution in [1.82, 2.24) is 14.5 Å². The Bertz CT molecular complexity index is 790. The molecule has 1 amide bonds. The summed E-state index contributed by atoms with van der Waals surface area (Å²) in [5, 5.41) is 2.98. The van der Waals surface area contributed by atoms with Gasteiger partial charge in [0.05, 0.1) is 17.6 Å². The molecule has 0 aromatic heterocycles. The van der Waals surface area contributed by atoms with E-state index in [9.17, 15) is 13.2 Å². The number of amides is 1. The van der Waals surface area contributed by atoms with E-state index in [0.717, 1.165) is 36.2 Å². The minimum absolute atomic E-state index is 0.0784. The Balaban J connectivity index is 1.71. The number of likely N-dealkylation sites (tertiary alicyclic amines) is 1. The van der Waals surface area contributed by atoms with Crippen molar-refractivity contribution >= 4 is 15.9 Å². The van der Waals surface area contributed by atoms with E-state index >= 15 is 0 Å². The van der Waals surface area contributed by atoms with Gasteiger partial charge < -0.3 is 10.1 Å². The molecule has 2 aliphatic rings. The van der Waals surface area contributed by atoms with Crippen LogP contribution in [0.25, 0.3) is 0 Å². The Hall–Kier alpha value is -1.64. The molecule has 27 heavy (non-hydrogen) atoms. The lowest BCUT2D eigenvalue weighted by molar-refractivity contribution is 0.0937. The van der Waals surface area contributed by atoms with E-state index in [1.807, 2.05) is 0 Å². The average Bonchev–Trinajstić information content (AvgIpc) is 3.35. The first-order valence-corrected chi connectivity index (χ1v) is 10.9. The number of benzene rings is 1. The first kappa shape index (κ1) is 20.1. The van der Waals surface area contributed by atoms with E-state index in [2.05, 4.69) is 10.2 Å². The predicted molar refractivity (Wildman–Crippen MR) is 104 cm³/mol. The summed E-state index contributed by atoms with van der Waals surface area (Å²) < 4.78 is 31.1. The predicted octanol–water partition coefficient (Wildman–Crippen LogP) is 1.55. The fourth-order valence-corrected chi connectivity index (χ4v) is 4.47. The number of hydrogen-bond donors (Lipinski definition) is 1. The molecule has 150 valence electrons. The zero-order chi connectivity index (χ0) is 19.6. The molecular formula is C19H29N3O4S. The van der Waals surface area contributed by atoms with Gasteiger partial charge in [-0.05, 0) is 56.3 Å². The summed E-state index contributed by atoms with van der Waals surface area (Å²) in [5.41, 5.74) is 0.243. The Morgan fingerprint density at radius 3 is 2.67 bits per heavy atom. The minimum Gasteiger partial charge on any atom is -0.496 e. The molecule has 3 rings (SSSR count). The van der Waals surface area contributed by atoms with Gasteiger partial charge in [0.25, 0.3) is 5.91 Å². The third kappa shape index (κ3) is 4.62. The average molecular weight is 396 g/mol. The normalized spacial score (nSPS) is 20.8. The van der Waals surface area contributed by atoms with E-state index in [1.165, 1.54) is 52.2 Å². The third-order valence-corrected chi connectivity index (χ3v) is 7.19. The molecular weight excluding hydrogens is 366 g/mol. The van der Waals surface area contributed by atoms with Crippen LogP contribution in [0.2, 0.25) is 0 Å². The van der Waals surface area contributed by atoms with Crippen LogP contribution in [-0.4, -0.2) is 70.4 Å². The van der Waals surface area contributed by atoms with Gasteiger partial charge in [0.15, 0.2) is 0 Å². The zero-order valence-corrected chi connectivity index (χ0v) is 17.1. The molecule has 8 heteroatoms. The van der Waals surface area contributed by atoms with Crippen LogP contribution < -0.4 is 10.1 Å². The number of sulfonamides is 1. The van der Waals surface area contributed by atoms with Gasteiger partial charge in [-0.15, -0.1) is 0 Å². The first-order chi connectivity index (χ1) is 12.8.